The first-order valence-corrected chi connectivity index (χ1v) is 9.46. The number of nitrogens with zero attached hydrogens (tertiary/aromatic N) is 3. The fraction of sp³-hybridized carbons (Fsp3) is 0.0833. The number of para-hydroxylation sites is 1. The van der Waals surface area contributed by atoms with Crippen molar-refractivity contribution in [1.82, 2.24) is 14.9 Å². The van der Waals surface area contributed by atoms with Crippen molar-refractivity contribution >= 4 is 28.4 Å². The van der Waals surface area contributed by atoms with Crippen LogP contribution in [0.2, 0.25) is 0 Å². The quantitative estimate of drug-likeness (QED) is 0.560. The number of aromatic nitrogens is 2. The van der Waals surface area contributed by atoms with Crippen LogP contribution in [0.1, 0.15) is 20.7 Å². The molecule has 4 rings (SSSR count). The molecule has 1 N–H and O–H groups in total. The Morgan fingerprint density at radius 1 is 0.900 bits per heavy atom. The Morgan fingerprint density at radius 2 is 1.67 bits per heavy atom. The smallest absolute Gasteiger partial charge is 0.256 e. The van der Waals surface area contributed by atoms with Gasteiger partial charge in [-0.1, -0.05) is 24.3 Å². The number of anilines is 1. The average molecular weight is 396 g/mol. The van der Waals surface area contributed by atoms with Crippen molar-refractivity contribution in [3.63, 3.8) is 0 Å². The Hall–Kier alpha value is -4.06. The van der Waals surface area contributed by atoms with Crippen LogP contribution in [0.25, 0.3) is 22.2 Å². The van der Waals surface area contributed by atoms with Crippen molar-refractivity contribution < 1.29 is 9.59 Å². The van der Waals surface area contributed by atoms with Gasteiger partial charge in [-0.25, -0.2) is 4.98 Å². The molecular weight excluding hydrogens is 376 g/mol. The van der Waals surface area contributed by atoms with E-state index >= 15 is 0 Å². The number of rotatable bonds is 4. The predicted molar refractivity (Wildman–Crippen MR) is 117 cm³/mol. The summed E-state index contributed by atoms with van der Waals surface area (Å²) < 4.78 is 0. The molecule has 0 unspecified atom stereocenters. The minimum atomic E-state index is -0.265. The lowest BCUT2D eigenvalue weighted by Crippen LogP contribution is -2.22. The first kappa shape index (κ1) is 19.3. The van der Waals surface area contributed by atoms with Crippen molar-refractivity contribution in [2.45, 2.75) is 0 Å². The van der Waals surface area contributed by atoms with Gasteiger partial charge in [0.25, 0.3) is 11.8 Å². The van der Waals surface area contributed by atoms with E-state index in [2.05, 4.69) is 10.3 Å². The Morgan fingerprint density at radius 3 is 2.43 bits per heavy atom. The second kappa shape index (κ2) is 8.13. The van der Waals surface area contributed by atoms with Gasteiger partial charge in [-0.3, -0.25) is 14.6 Å². The molecule has 0 atom stereocenters. The maximum Gasteiger partial charge on any atom is 0.256 e. The molecule has 30 heavy (non-hydrogen) atoms. The lowest BCUT2D eigenvalue weighted by atomic mass is 10.0. The van der Waals surface area contributed by atoms with Gasteiger partial charge in [-0.2, -0.15) is 0 Å². The number of amides is 2. The Bertz CT molecular complexity index is 1240. The lowest BCUT2D eigenvalue weighted by Gasteiger charge is -2.13. The first-order valence-electron chi connectivity index (χ1n) is 9.46. The molecule has 0 spiro atoms. The lowest BCUT2D eigenvalue weighted by molar-refractivity contribution is 0.0827. The minimum Gasteiger partial charge on any atom is -0.345 e. The van der Waals surface area contributed by atoms with E-state index in [-0.39, 0.29) is 11.8 Å². The highest BCUT2D eigenvalue weighted by atomic mass is 16.2. The summed E-state index contributed by atoms with van der Waals surface area (Å²) in [5.41, 5.74) is 3.88. The molecule has 0 aliphatic heterocycles. The average Bonchev–Trinajstić information content (AvgIpc) is 2.78. The highest BCUT2D eigenvalue weighted by Crippen LogP contribution is 2.25. The normalized spacial score (nSPS) is 10.6. The molecule has 6 heteroatoms. The van der Waals surface area contributed by atoms with Crippen molar-refractivity contribution in [2.24, 2.45) is 0 Å². The number of carbonyl (C=O) groups is 2. The van der Waals surface area contributed by atoms with E-state index in [9.17, 15) is 9.59 Å². The predicted octanol–water partition coefficient (Wildman–Crippen LogP) is 4.25. The number of nitrogens with one attached hydrogen (secondary N) is 1. The Balaban J connectivity index is 1.73. The van der Waals surface area contributed by atoms with Gasteiger partial charge in [0, 0.05) is 48.7 Å². The molecule has 4 aromatic rings. The number of hydrogen-bond donors (Lipinski definition) is 1. The fourth-order valence-electron chi connectivity index (χ4n) is 3.22. The SMILES string of the molecule is CN(C)C(=O)c1cccc(NC(=O)c2cc(-c3ccncc3)nc3ccccc23)c1. The second-order valence-electron chi connectivity index (χ2n) is 7.04. The molecule has 2 heterocycles. The Kier molecular flexibility index (Phi) is 5.22. The molecule has 2 amide bonds. The number of fused-ring (bicyclic) bond motifs is 1. The molecule has 0 saturated heterocycles. The van der Waals surface area contributed by atoms with E-state index in [0.717, 1.165) is 16.5 Å². The van der Waals surface area contributed by atoms with Gasteiger partial charge in [0.1, 0.15) is 0 Å². The van der Waals surface area contributed by atoms with Crippen molar-refractivity contribution in [1.29, 1.82) is 0 Å². The first-order chi connectivity index (χ1) is 14.5. The van der Waals surface area contributed by atoms with E-state index in [1.165, 1.54) is 4.90 Å². The highest BCUT2D eigenvalue weighted by Gasteiger charge is 2.15. The van der Waals surface area contributed by atoms with Crippen molar-refractivity contribution in [3.05, 3.63) is 90.3 Å². The number of hydrogen-bond acceptors (Lipinski definition) is 4. The third-order valence-corrected chi connectivity index (χ3v) is 4.71. The molecule has 0 fully saturated rings. The molecule has 2 aromatic heterocycles. The largest absolute Gasteiger partial charge is 0.345 e. The summed E-state index contributed by atoms with van der Waals surface area (Å²) in [6, 6.07) is 19.9. The third-order valence-electron chi connectivity index (χ3n) is 4.71. The van der Waals surface area contributed by atoms with E-state index in [0.29, 0.717) is 22.5 Å². The molecule has 0 aliphatic carbocycles. The molecule has 0 radical (unpaired) electrons. The summed E-state index contributed by atoms with van der Waals surface area (Å²) in [5.74, 6) is -0.390. The number of benzene rings is 2. The van der Waals surface area contributed by atoms with Crippen LogP contribution in [0.3, 0.4) is 0 Å². The standard InChI is InChI=1S/C24H20N4O2/c1-28(2)24(30)17-6-5-7-18(14-17)26-23(29)20-15-22(16-10-12-25-13-11-16)27-21-9-4-3-8-19(20)21/h3-15H,1-2H3,(H,26,29). The fourth-order valence-corrected chi connectivity index (χ4v) is 3.22. The highest BCUT2D eigenvalue weighted by molar-refractivity contribution is 6.13. The summed E-state index contributed by atoms with van der Waals surface area (Å²) in [5, 5.41) is 3.67. The van der Waals surface area contributed by atoms with Crippen molar-refractivity contribution in [3.8, 4) is 11.3 Å². The summed E-state index contributed by atoms with van der Waals surface area (Å²) >= 11 is 0. The maximum atomic E-state index is 13.2. The van der Waals surface area contributed by atoms with Crippen LogP contribution >= 0.6 is 0 Å². The molecule has 0 aliphatic rings. The topological polar surface area (TPSA) is 75.2 Å². The van der Waals surface area contributed by atoms with E-state index in [1.54, 1.807) is 56.8 Å². The van der Waals surface area contributed by atoms with Gasteiger partial charge in [0.05, 0.1) is 16.8 Å². The Labute approximate surface area is 174 Å². The zero-order valence-electron chi connectivity index (χ0n) is 16.7. The monoisotopic (exact) mass is 396 g/mol. The molecule has 0 saturated carbocycles. The van der Waals surface area contributed by atoms with Gasteiger partial charge in [0.15, 0.2) is 0 Å². The van der Waals surface area contributed by atoms with E-state index in [1.807, 2.05) is 36.4 Å². The van der Waals surface area contributed by atoms with Crippen LogP contribution < -0.4 is 5.32 Å². The molecular formula is C24H20N4O2. The molecule has 0 bridgehead atoms. The number of pyridine rings is 2. The maximum absolute atomic E-state index is 13.2. The number of carbonyl (C=O) groups excluding carboxylic acids is 2. The van der Waals surface area contributed by atoms with Crippen LogP contribution in [-0.4, -0.2) is 40.8 Å². The van der Waals surface area contributed by atoms with Crippen LogP contribution in [0.5, 0.6) is 0 Å². The minimum absolute atomic E-state index is 0.125. The van der Waals surface area contributed by atoms with Gasteiger partial charge in [-0.05, 0) is 42.5 Å². The van der Waals surface area contributed by atoms with Gasteiger partial charge in [-0.15, -0.1) is 0 Å². The summed E-state index contributed by atoms with van der Waals surface area (Å²) in [6.07, 6.45) is 3.39. The summed E-state index contributed by atoms with van der Waals surface area (Å²) in [7, 11) is 3.38. The zero-order chi connectivity index (χ0) is 21.1. The zero-order valence-corrected chi connectivity index (χ0v) is 16.7. The van der Waals surface area contributed by atoms with Crippen LogP contribution in [0, 0.1) is 0 Å². The third kappa shape index (κ3) is 3.89. The van der Waals surface area contributed by atoms with E-state index < -0.39 is 0 Å². The second-order valence-corrected chi connectivity index (χ2v) is 7.04. The molecule has 148 valence electrons. The summed E-state index contributed by atoms with van der Waals surface area (Å²) in [4.78, 5) is 35.6. The van der Waals surface area contributed by atoms with Gasteiger partial charge < -0.3 is 10.2 Å². The van der Waals surface area contributed by atoms with Gasteiger partial charge >= 0.3 is 0 Å². The van der Waals surface area contributed by atoms with E-state index in [4.69, 9.17) is 4.98 Å². The van der Waals surface area contributed by atoms with Gasteiger partial charge in [0.2, 0.25) is 0 Å². The molecule has 2 aromatic carbocycles. The van der Waals surface area contributed by atoms with Crippen LogP contribution in [0.15, 0.2) is 79.1 Å². The van der Waals surface area contributed by atoms with Crippen LogP contribution in [-0.2, 0) is 0 Å². The summed E-state index contributed by atoms with van der Waals surface area (Å²) in [6.45, 7) is 0. The molecule has 6 nitrogen and oxygen atoms in total. The van der Waals surface area contributed by atoms with Crippen LogP contribution in [0.4, 0.5) is 5.69 Å². The van der Waals surface area contributed by atoms with Crippen molar-refractivity contribution in [2.75, 3.05) is 19.4 Å².